The molecule has 0 heterocycles. The van der Waals surface area contributed by atoms with Crippen molar-refractivity contribution in [2.75, 3.05) is 0 Å². The third kappa shape index (κ3) is 1.37. The Labute approximate surface area is 91.9 Å². The fourth-order valence-electron chi connectivity index (χ4n) is 1.93. The first-order chi connectivity index (χ1) is 7.10. The van der Waals surface area contributed by atoms with Crippen LogP contribution in [0.25, 0.3) is 0 Å². The first kappa shape index (κ1) is 10.3. The topological polar surface area (TPSA) is 44.0 Å². The Balaban J connectivity index is 2.62. The Hall–Kier alpha value is -1.27. The molecule has 0 saturated heterocycles. The first-order valence-corrected chi connectivity index (χ1v) is 5.07. The van der Waals surface area contributed by atoms with Crippen LogP contribution in [-0.2, 0) is 5.41 Å². The summed E-state index contributed by atoms with van der Waals surface area (Å²) in [5.74, 6) is -1.21. The van der Waals surface area contributed by atoms with Crippen molar-refractivity contribution in [3.63, 3.8) is 0 Å². The van der Waals surface area contributed by atoms with E-state index in [1.54, 1.807) is 0 Å². The van der Waals surface area contributed by atoms with Gasteiger partial charge in [0.05, 0.1) is 11.5 Å². The Morgan fingerprint density at radius 3 is 2.60 bits per heavy atom. The van der Waals surface area contributed by atoms with E-state index in [2.05, 4.69) is 6.07 Å². The van der Waals surface area contributed by atoms with Gasteiger partial charge >= 0.3 is 0 Å². The van der Waals surface area contributed by atoms with Gasteiger partial charge in [-0.3, -0.25) is 0 Å². The van der Waals surface area contributed by atoms with Gasteiger partial charge in [-0.15, -0.1) is 0 Å². The van der Waals surface area contributed by atoms with E-state index in [-0.39, 0.29) is 10.6 Å². The Bertz CT molecular complexity index is 449. The van der Waals surface area contributed by atoms with Crippen molar-refractivity contribution in [3.8, 4) is 11.8 Å². The number of nitrogens with zero attached hydrogens (tertiary/aromatic N) is 1. The molecule has 0 bridgehead atoms. The van der Waals surface area contributed by atoms with Gasteiger partial charge < -0.3 is 5.11 Å². The fraction of sp³-hybridized carbons (Fsp3) is 0.364. The number of benzene rings is 1. The Kier molecular flexibility index (Phi) is 2.32. The summed E-state index contributed by atoms with van der Waals surface area (Å²) in [5.41, 5.74) is -0.683. The van der Waals surface area contributed by atoms with Crippen LogP contribution in [0.15, 0.2) is 12.1 Å². The summed E-state index contributed by atoms with van der Waals surface area (Å²) in [6.45, 7) is 0. The van der Waals surface area contributed by atoms with E-state index >= 15 is 0 Å². The van der Waals surface area contributed by atoms with E-state index in [0.29, 0.717) is 12.8 Å². The van der Waals surface area contributed by atoms with Gasteiger partial charge in [0.1, 0.15) is 0 Å². The molecule has 1 aliphatic carbocycles. The average Bonchev–Trinajstić information content (AvgIpc) is 2.16. The van der Waals surface area contributed by atoms with Crippen molar-refractivity contribution in [3.05, 3.63) is 28.5 Å². The lowest BCUT2D eigenvalue weighted by Gasteiger charge is -2.36. The molecule has 2 rings (SSSR count). The van der Waals surface area contributed by atoms with Gasteiger partial charge in [0.25, 0.3) is 0 Å². The molecular formula is C11H9ClFNO. The number of aromatic hydroxyl groups is 1. The molecule has 1 aliphatic rings. The molecule has 4 heteroatoms. The third-order valence-corrected chi connectivity index (χ3v) is 3.29. The van der Waals surface area contributed by atoms with Crippen LogP contribution in [0.4, 0.5) is 4.39 Å². The SMILES string of the molecule is N#CC1(c2c(Cl)ccc(O)c2F)CCC1. The zero-order valence-electron chi connectivity index (χ0n) is 7.93. The minimum absolute atomic E-state index is 0.151. The molecule has 1 saturated carbocycles. The zero-order valence-corrected chi connectivity index (χ0v) is 8.68. The van der Waals surface area contributed by atoms with Crippen LogP contribution in [0.1, 0.15) is 24.8 Å². The molecule has 1 aromatic carbocycles. The van der Waals surface area contributed by atoms with E-state index in [9.17, 15) is 9.50 Å². The van der Waals surface area contributed by atoms with Gasteiger partial charge in [0.15, 0.2) is 11.6 Å². The highest BCUT2D eigenvalue weighted by Gasteiger charge is 2.43. The Morgan fingerprint density at radius 1 is 1.47 bits per heavy atom. The summed E-state index contributed by atoms with van der Waals surface area (Å²) in [6, 6.07) is 4.73. The van der Waals surface area contributed by atoms with Crippen LogP contribution in [0.3, 0.4) is 0 Å². The van der Waals surface area contributed by atoms with Gasteiger partial charge in [-0.2, -0.15) is 5.26 Å². The molecule has 15 heavy (non-hydrogen) atoms. The van der Waals surface area contributed by atoms with Crippen molar-refractivity contribution >= 4 is 11.6 Å². The van der Waals surface area contributed by atoms with Crippen LogP contribution in [0, 0.1) is 17.1 Å². The van der Waals surface area contributed by atoms with Crippen molar-refractivity contribution in [2.45, 2.75) is 24.7 Å². The van der Waals surface area contributed by atoms with Gasteiger partial charge in [0, 0.05) is 10.6 Å². The monoisotopic (exact) mass is 225 g/mol. The molecule has 1 aromatic rings. The van der Waals surface area contributed by atoms with E-state index < -0.39 is 17.0 Å². The number of hydrogen-bond donors (Lipinski definition) is 1. The number of nitriles is 1. The lowest BCUT2D eigenvalue weighted by molar-refractivity contribution is 0.308. The van der Waals surface area contributed by atoms with Gasteiger partial charge in [-0.25, -0.2) is 4.39 Å². The number of phenols is 1. The smallest absolute Gasteiger partial charge is 0.171 e. The van der Waals surface area contributed by atoms with Crippen LogP contribution < -0.4 is 0 Å². The quantitative estimate of drug-likeness (QED) is 0.798. The van der Waals surface area contributed by atoms with Gasteiger partial charge in [-0.05, 0) is 31.4 Å². The molecule has 0 aliphatic heterocycles. The predicted octanol–water partition coefficient (Wildman–Crippen LogP) is 3.13. The maximum Gasteiger partial charge on any atom is 0.171 e. The highest BCUT2D eigenvalue weighted by Crippen LogP contribution is 2.48. The molecule has 0 amide bonds. The first-order valence-electron chi connectivity index (χ1n) is 4.69. The van der Waals surface area contributed by atoms with Gasteiger partial charge in [-0.1, -0.05) is 11.6 Å². The van der Waals surface area contributed by atoms with Crippen LogP contribution in [-0.4, -0.2) is 5.11 Å². The molecule has 0 spiro atoms. The van der Waals surface area contributed by atoms with E-state index in [0.717, 1.165) is 6.42 Å². The van der Waals surface area contributed by atoms with Crippen molar-refractivity contribution in [1.82, 2.24) is 0 Å². The second kappa shape index (κ2) is 3.39. The standard InChI is InChI=1S/C11H9ClFNO/c12-7-2-3-8(15)10(13)9(7)11(6-14)4-1-5-11/h2-3,15H,1,4-5H2. The molecular weight excluding hydrogens is 217 g/mol. The second-order valence-corrected chi connectivity index (χ2v) is 4.21. The molecule has 1 N–H and O–H groups in total. The molecule has 1 fully saturated rings. The summed E-state index contributed by atoms with van der Waals surface area (Å²) < 4.78 is 13.7. The second-order valence-electron chi connectivity index (χ2n) is 3.80. The van der Waals surface area contributed by atoms with Gasteiger partial charge in [0.2, 0.25) is 0 Å². The Morgan fingerprint density at radius 2 is 2.13 bits per heavy atom. The average molecular weight is 226 g/mol. The normalized spacial score (nSPS) is 17.9. The van der Waals surface area contributed by atoms with Crippen LogP contribution in [0.2, 0.25) is 5.02 Å². The van der Waals surface area contributed by atoms with E-state index in [1.165, 1.54) is 12.1 Å². The maximum atomic E-state index is 13.7. The molecule has 78 valence electrons. The summed E-state index contributed by atoms with van der Waals surface area (Å²) in [4.78, 5) is 0. The van der Waals surface area contributed by atoms with Crippen molar-refractivity contribution in [2.24, 2.45) is 0 Å². The number of phenolic OH excluding ortho intramolecular Hbond substituents is 1. The van der Waals surface area contributed by atoms with Crippen LogP contribution in [0.5, 0.6) is 5.75 Å². The summed E-state index contributed by atoms with van der Waals surface area (Å²) in [6.07, 6.45) is 2.09. The molecule has 2 nitrogen and oxygen atoms in total. The lowest BCUT2D eigenvalue weighted by atomic mass is 9.65. The molecule has 0 radical (unpaired) electrons. The largest absolute Gasteiger partial charge is 0.505 e. The molecule has 0 atom stereocenters. The highest BCUT2D eigenvalue weighted by molar-refractivity contribution is 6.31. The number of rotatable bonds is 1. The van der Waals surface area contributed by atoms with E-state index in [1.807, 2.05) is 0 Å². The highest BCUT2D eigenvalue weighted by atomic mass is 35.5. The lowest BCUT2D eigenvalue weighted by Crippen LogP contribution is -2.33. The van der Waals surface area contributed by atoms with Crippen molar-refractivity contribution < 1.29 is 9.50 Å². The minimum Gasteiger partial charge on any atom is -0.505 e. The summed E-state index contributed by atoms with van der Waals surface area (Å²) >= 11 is 5.88. The summed E-state index contributed by atoms with van der Waals surface area (Å²) in [5, 5.41) is 18.5. The zero-order chi connectivity index (χ0) is 11.1. The minimum atomic E-state index is -0.833. The summed E-state index contributed by atoms with van der Waals surface area (Å²) in [7, 11) is 0. The van der Waals surface area contributed by atoms with E-state index in [4.69, 9.17) is 16.9 Å². The molecule has 0 aromatic heterocycles. The molecule has 0 unspecified atom stereocenters. The van der Waals surface area contributed by atoms with Crippen molar-refractivity contribution in [1.29, 1.82) is 5.26 Å². The maximum absolute atomic E-state index is 13.7. The number of hydrogen-bond acceptors (Lipinski definition) is 2. The fourth-order valence-corrected chi connectivity index (χ4v) is 2.26. The predicted molar refractivity (Wildman–Crippen MR) is 54.2 cm³/mol. The van der Waals surface area contributed by atoms with Crippen LogP contribution >= 0.6 is 11.6 Å². The third-order valence-electron chi connectivity index (χ3n) is 2.97. The number of halogens is 2.